The van der Waals surface area contributed by atoms with Gasteiger partial charge in [0.05, 0.1) is 0 Å². The van der Waals surface area contributed by atoms with Crippen molar-refractivity contribution in [2.45, 2.75) is 0 Å². The summed E-state index contributed by atoms with van der Waals surface area (Å²) in [5.41, 5.74) is 0.532. The van der Waals surface area contributed by atoms with Crippen molar-refractivity contribution in [3.05, 3.63) is 76.3 Å². The molecule has 0 atom stereocenters. The molecule has 0 saturated carbocycles. The largest absolute Gasteiger partial charge is 0.322 e. The van der Waals surface area contributed by atoms with Crippen LogP contribution in [-0.4, -0.2) is 11.7 Å². The van der Waals surface area contributed by atoms with Crippen LogP contribution in [0.25, 0.3) is 0 Å². The molecule has 6 heteroatoms. The second-order valence-corrected chi connectivity index (χ2v) is 5.24. The highest BCUT2D eigenvalue weighted by Gasteiger charge is 2.05. The normalized spacial score (nSPS) is 10.7. The second-order valence-electron chi connectivity index (χ2n) is 4.32. The molecule has 2 rings (SSSR count). The zero-order chi connectivity index (χ0) is 16.1. The summed E-state index contributed by atoms with van der Waals surface area (Å²) in [7, 11) is 0. The number of allylic oxidation sites excluding steroid dienone is 1. The Labute approximate surface area is 133 Å². The number of hydrogen-bond acceptors (Lipinski definition) is 2. The highest BCUT2D eigenvalue weighted by molar-refractivity contribution is 9.10. The van der Waals surface area contributed by atoms with Crippen molar-refractivity contribution < 1.29 is 18.4 Å². The molecule has 3 nitrogen and oxygen atoms in total. The van der Waals surface area contributed by atoms with Gasteiger partial charge < -0.3 is 5.32 Å². The first-order valence-corrected chi connectivity index (χ1v) is 6.99. The van der Waals surface area contributed by atoms with E-state index >= 15 is 0 Å². The van der Waals surface area contributed by atoms with Gasteiger partial charge in [0.15, 0.2) is 17.4 Å². The molecule has 0 aliphatic carbocycles. The Hall–Kier alpha value is -2.34. The van der Waals surface area contributed by atoms with Crippen molar-refractivity contribution in [3.8, 4) is 0 Å². The van der Waals surface area contributed by atoms with Crippen molar-refractivity contribution in [2.24, 2.45) is 0 Å². The Bertz CT molecular complexity index is 742. The molecule has 112 valence electrons. The summed E-state index contributed by atoms with van der Waals surface area (Å²) in [6.45, 7) is 0. The minimum Gasteiger partial charge on any atom is -0.322 e. The van der Waals surface area contributed by atoms with Gasteiger partial charge in [-0.05, 0) is 42.5 Å². The number of amides is 1. The summed E-state index contributed by atoms with van der Waals surface area (Å²) in [4.78, 5) is 23.4. The second kappa shape index (κ2) is 7.09. The predicted octanol–water partition coefficient (Wildman–Crippen LogP) is 4.10. The number of hydrogen-bond donors (Lipinski definition) is 1. The van der Waals surface area contributed by atoms with Gasteiger partial charge >= 0.3 is 0 Å². The molecule has 0 radical (unpaired) electrons. The molecule has 0 aliphatic heterocycles. The maximum atomic E-state index is 13.0. The van der Waals surface area contributed by atoms with E-state index in [4.69, 9.17) is 0 Å². The lowest BCUT2D eigenvalue weighted by atomic mass is 10.1. The van der Waals surface area contributed by atoms with Crippen LogP contribution < -0.4 is 5.32 Å². The van der Waals surface area contributed by atoms with E-state index in [-0.39, 0.29) is 11.5 Å². The molecule has 1 N–H and O–H groups in total. The maximum Gasteiger partial charge on any atom is 0.248 e. The lowest BCUT2D eigenvalue weighted by molar-refractivity contribution is -0.111. The van der Waals surface area contributed by atoms with Crippen LogP contribution >= 0.6 is 15.9 Å². The number of carbonyl (C=O) groups is 2. The molecule has 22 heavy (non-hydrogen) atoms. The Kier molecular flexibility index (Phi) is 5.16. The first-order valence-electron chi connectivity index (χ1n) is 6.20. The number of anilines is 1. The quantitative estimate of drug-likeness (QED) is 0.654. The highest BCUT2D eigenvalue weighted by Crippen LogP contribution is 2.13. The van der Waals surface area contributed by atoms with Gasteiger partial charge in [-0.2, -0.15) is 0 Å². The SMILES string of the molecule is O=C(/C=C/C(=O)c1ccc(Br)cc1)Nc1ccc(F)c(F)c1. The van der Waals surface area contributed by atoms with Crippen LogP contribution in [-0.2, 0) is 4.79 Å². The summed E-state index contributed by atoms with van der Waals surface area (Å²) in [5, 5.41) is 2.33. The first kappa shape index (κ1) is 16.0. The number of nitrogens with one attached hydrogen (secondary N) is 1. The predicted molar refractivity (Wildman–Crippen MR) is 82.6 cm³/mol. The fraction of sp³-hybridized carbons (Fsp3) is 0. The smallest absolute Gasteiger partial charge is 0.248 e. The van der Waals surface area contributed by atoms with Crippen molar-refractivity contribution in [1.29, 1.82) is 0 Å². The first-order chi connectivity index (χ1) is 10.5. The fourth-order valence-electron chi connectivity index (χ4n) is 1.62. The Balaban J connectivity index is 2.00. The molecule has 0 fully saturated rings. The van der Waals surface area contributed by atoms with Crippen molar-refractivity contribution in [1.82, 2.24) is 0 Å². The van der Waals surface area contributed by atoms with Crippen LogP contribution in [0.1, 0.15) is 10.4 Å². The molecular weight excluding hydrogens is 356 g/mol. The Morgan fingerprint density at radius 2 is 1.64 bits per heavy atom. The van der Waals surface area contributed by atoms with Gasteiger partial charge in [0.1, 0.15) is 0 Å². The Morgan fingerprint density at radius 3 is 2.27 bits per heavy atom. The van der Waals surface area contributed by atoms with Crippen molar-refractivity contribution in [3.63, 3.8) is 0 Å². The van der Waals surface area contributed by atoms with E-state index in [0.717, 1.165) is 28.8 Å². The number of rotatable bonds is 4. The summed E-state index contributed by atoms with van der Waals surface area (Å²) in [5.74, 6) is -3.02. The van der Waals surface area contributed by atoms with E-state index in [1.807, 2.05) is 0 Å². The molecule has 1 amide bonds. The lowest BCUT2D eigenvalue weighted by Crippen LogP contribution is -2.09. The molecule has 0 bridgehead atoms. The van der Waals surface area contributed by atoms with E-state index in [2.05, 4.69) is 21.2 Å². The van der Waals surface area contributed by atoms with E-state index in [9.17, 15) is 18.4 Å². The van der Waals surface area contributed by atoms with Crippen LogP contribution in [0.5, 0.6) is 0 Å². The van der Waals surface area contributed by atoms with Gasteiger partial charge in [-0.3, -0.25) is 9.59 Å². The van der Waals surface area contributed by atoms with E-state index in [1.54, 1.807) is 24.3 Å². The monoisotopic (exact) mass is 365 g/mol. The molecule has 0 aromatic heterocycles. The Morgan fingerprint density at radius 1 is 0.955 bits per heavy atom. The zero-order valence-corrected chi connectivity index (χ0v) is 12.7. The topological polar surface area (TPSA) is 46.2 Å². The molecular formula is C16H10BrF2NO2. The minimum absolute atomic E-state index is 0.102. The third kappa shape index (κ3) is 4.33. The van der Waals surface area contributed by atoms with Crippen LogP contribution in [0.3, 0.4) is 0 Å². The van der Waals surface area contributed by atoms with Crippen LogP contribution in [0.15, 0.2) is 59.1 Å². The van der Waals surface area contributed by atoms with Crippen LogP contribution in [0.4, 0.5) is 14.5 Å². The summed E-state index contributed by atoms with van der Waals surface area (Å²) in [6.07, 6.45) is 2.14. The van der Waals surface area contributed by atoms with Gasteiger partial charge in [0.25, 0.3) is 0 Å². The number of ketones is 1. The minimum atomic E-state index is -1.06. The van der Waals surface area contributed by atoms with Crippen molar-refractivity contribution in [2.75, 3.05) is 5.32 Å². The average molecular weight is 366 g/mol. The van der Waals surface area contributed by atoms with Crippen molar-refractivity contribution >= 4 is 33.3 Å². The molecule has 0 unspecified atom stereocenters. The molecule has 0 aliphatic rings. The van der Waals surface area contributed by atoms with E-state index < -0.39 is 17.5 Å². The van der Waals surface area contributed by atoms with Gasteiger partial charge in [-0.1, -0.05) is 15.9 Å². The maximum absolute atomic E-state index is 13.0. The fourth-order valence-corrected chi connectivity index (χ4v) is 1.88. The highest BCUT2D eigenvalue weighted by atomic mass is 79.9. The van der Waals surface area contributed by atoms with Gasteiger partial charge in [0.2, 0.25) is 5.91 Å². The average Bonchev–Trinajstić information content (AvgIpc) is 2.49. The molecule has 2 aromatic rings. The summed E-state index contributed by atoms with van der Waals surface area (Å²) < 4.78 is 26.6. The summed E-state index contributed by atoms with van der Waals surface area (Å²) >= 11 is 3.25. The lowest BCUT2D eigenvalue weighted by Gasteiger charge is -2.02. The van der Waals surface area contributed by atoms with Gasteiger partial charge in [0, 0.05) is 27.9 Å². The standard InChI is InChI=1S/C16H10BrF2NO2/c17-11-3-1-10(2-4-11)15(21)7-8-16(22)20-12-5-6-13(18)14(19)9-12/h1-9H,(H,20,22)/b8-7+. The van der Waals surface area contributed by atoms with Crippen LogP contribution in [0, 0.1) is 11.6 Å². The number of carbonyl (C=O) groups excluding carboxylic acids is 2. The van der Waals surface area contributed by atoms with E-state index in [1.165, 1.54) is 6.07 Å². The molecule has 2 aromatic carbocycles. The number of halogens is 3. The van der Waals surface area contributed by atoms with Gasteiger partial charge in [-0.25, -0.2) is 8.78 Å². The third-order valence-corrected chi connectivity index (χ3v) is 3.23. The van der Waals surface area contributed by atoms with E-state index in [0.29, 0.717) is 5.56 Å². The number of benzene rings is 2. The zero-order valence-electron chi connectivity index (χ0n) is 11.1. The molecule has 0 spiro atoms. The van der Waals surface area contributed by atoms with Gasteiger partial charge in [-0.15, -0.1) is 0 Å². The molecule has 0 saturated heterocycles. The summed E-state index contributed by atoms with van der Waals surface area (Å²) in [6, 6.07) is 9.64. The van der Waals surface area contributed by atoms with Crippen LogP contribution in [0.2, 0.25) is 0 Å². The third-order valence-electron chi connectivity index (χ3n) is 2.70. The molecule has 0 heterocycles.